The van der Waals surface area contributed by atoms with Crippen LogP contribution in [0.2, 0.25) is 0 Å². The Labute approximate surface area is 188 Å². The van der Waals surface area contributed by atoms with E-state index in [1.54, 1.807) is 12.3 Å². The lowest BCUT2D eigenvalue weighted by Crippen LogP contribution is -2.36. The largest absolute Gasteiger partial charge is 0.418 e. The number of hydrogen-bond donors (Lipinski definition) is 1. The van der Waals surface area contributed by atoms with E-state index in [2.05, 4.69) is 39.1 Å². The number of ether oxygens (including phenoxy) is 1. The van der Waals surface area contributed by atoms with Crippen molar-refractivity contribution in [2.75, 3.05) is 36.9 Å². The van der Waals surface area contributed by atoms with Crippen molar-refractivity contribution in [2.45, 2.75) is 29.4 Å². The molecule has 0 saturated carbocycles. The van der Waals surface area contributed by atoms with Gasteiger partial charge in [0.15, 0.2) is 0 Å². The van der Waals surface area contributed by atoms with Crippen LogP contribution in [0.15, 0.2) is 58.6 Å². The first-order valence-corrected chi connectivity index (χ1v) is 11.0. The minimum atomic E-state index is -4.50. The highest BCUT2D eigenvalue weighted by atomic mass is 32.2. The molecule has 0 atom stereocenters. The summed E-state index contributed by atoms with van der Waals surface area (Å²) < 4.78 is 44.9. The number of hydrogen-bond acceptors (Lipinski definition) is 6. The monoisotopic (exact) mass is 460 g/mol. The molecular weight excluding hydrogens is 437 g/mol. The number of anilines is 2. The first-order chi connectivity index (χ1) is 15.3. The highest BCUT2D eigenvalue weighted by Crippen LogP contribution is 2.38. The molecule has 0 spiro atoms. The summed E-state index contributed by atoms with van der Waals surface area (Å²) in [4.78, 5) is 11.7. The zero-order chi connectivity index (χ0) is 22.7. The molecule has 5 nitrogen and oxygen atoms in total. The third-order valence-electron chi connectivity index (χ3n) is 5.19. The number of aromatic nitrogens is 2. The molecule has 3 aromatic rings. The normalized spacial score (nSPS) is 14.6. The molecule has 2 heterocycles. The van der Waals surface area contributed by atoms with E-state index in [9.17, 15) is 13.2 Å². The summed E-state index contributed by atoms with van der Waals surface area (Å²) in [7, 11) is 0. The average molecular weight is 461 g/mol. The van der Waals surface area contributed by atoms with Crippen molar-refractivity contribution in [1.82, 2.24) is 9.97 Å². The fraction of sp³-hybridized carbons (Fsp3) is 0.304. The van der Waals surface area contributed by atoms with Gasteiger partial charge in [-0.25, -0.2) is 9.97 Å². The van der Waals surface area contributed by atoms with E-state index < -0.39 is 11.7 Å². The topological polar surface area (TPSA) is 64.3 Å². The number of nitrogens with zero attached hydrogens (tertiary/aromatic N) is 3. The SMILES string of the molecule is Cc1cnc(Cc2ccc(N3CCOCC3)cc2)nc1Sc1ccc(N)c(C(F)(F)F)c1. The molecule has 2 N–H and O–H groups in total. The Hall–Kier alpha value is -2.78. The van der Waals surface area contributed by atoms with Gasteiger partial charge in [-0.05, 0) is 48.4 Å². The molecule has 4 rings (SSSR count). The van der Waals surface area contributed by atoms with Crippen LogP contribution in [-0.2, 0) is 17.3 Å². The van der Waals surface area contributed by atoms with E-state index in [-0.39, 0.29) is 5.69 Å². The minimum absolute atomic E-state index is 0.289. The number of nitrogens with two attached hydrogens (primary N) is 1. The van der Waals surface area contributed by atoms with Crippen molar-refractivity contribution in [3.8, 4) is 0 Å². The van der Waals surface area contributed by atoms with Crippen LogP contribution < -0.4 is 10.6 Å². The van der Waals surface area contributed by atoms with Crippen LogP contribution in [0.4, 0.5) is 24.5 Å². The van der Waals surface area contributed by atoms with Crippen LogP contribution in [0.1, 0.15) is 22.5 Å². The highest BCUT2D eigenvalue weighted by molar-refractivity contribution is 7.99. The van der Waals surface area contributed by atoms with Gasteiger partial charge in [0.2, 0.25) is 0 Å². The van der Waals surface area contributed by atoms with Gasteiger partial charge >= 0.3 is 6.18 Å². The maximum absolute atomic E-state index is 13.2. The Morgan fingerprint density at radius 2 is 1.81 bits per heavy atom. The quantitative estimate of drug-likeness (QED) is 0.429. The van der Waals surface area contributed by atoms with Gasteiger partial charge in [0.1, 0.15) is 10.9 Å². The maximum Gasteiger partial charge on any atom is 0.418 e. The van der Waals surface area contributed by atoms with E-state index >= 15 is 0 Å². The molecule has 32 heavy (non-hydrogen) atoms. The van der Waals surface area contributed by atoms with E-state index in [4.69, 9.17) is 10.5 Å². The molecule has 1 aliphatic rings. The molecule has 0 radical (unpaired) electrons. The second-order valence-corrected chi connectivity index (χ2v) is 8.63. The Morgan fingerprint density at radius 1 is 1.09 bits per heavy atom. The lowest BCUT2D eigenvalue weighted by Gasteiger charge is -2.28. The number of aryl methyl sites for hydroxylation is 1. The molecule has 2 aromatic carbocycles. The highest BCUT2D eigenvalue weighted by Gasteiger charge is 2.33. The second kappa shape index (κ2) is 9.38. The molecule has 1 fully saturated rings. The van der Waals surface area contributed by atoms with Crippen molar-refractivity contribution >= 4 is 23.1 Å². The zero-order valence-corrected chi connectivity index (χ0v) is 18.3. The van der Waals surface area contributed by atoms with Gasteiger partial charge < -0.3 is 15.4 Å². The Bertz CT molecular complexity index is 1080. The summed E-state index contributed by atoms with van der Waals surface area (Å²) in [5.41, 5.74) is 7.39. The zero-order valence-electron chi connectivity index (χ0n) is 17.5. The van der Waals surface area contributed by atoms with E-state index in [1.165, 1.54) is 17.8 Å². The lowest BCUT2D eigenvalue weighted by molar-refractivity contribution is -0.137. The molecule has 0 unspecified atom stereocenters. The Morgan fingerprint density at radius 3 is 2.50 bits per heavy atom. The van der Waals surface area contributed by atoms with Crippen molar-refractivity contribution in [1.29, 1.82) is 0 Å². The van der Waals surface area contributed by atoms with E-state index in [0.717, 1.165) is 49.2 Å². The third-order valence-corrected chi connectivity index (χ3v) is 6.29. The number of nitrogen functional groups attached to an aromatic ring is 1. The van der Waals surface area contributed by atoms with Crippen LogP contribution in [0.25, 0.3) is 0 Å². The fourth-order valence-electron chi connectivity index (χ4n) is 3.43. The minimum Gasteiger partial charge on any atom is -0.398 e. The van der Waals surface area contributed by atoms with Gasteiger partial charge in [0.25, 0.3) is 0 Å². The maximum atomic E-state index is 13.2. The van der Waals surface area contributed by atoms with Crippen LogP contribution in [0.3, 0.4) is 0 Å². The van der Waals surface area contributed by atoms with Crippen molar-refractivity contribution in [3.05, 3.63) is 71.2 Å². The predicted molar refractivity (Wildman–Crippen MR) is 119 cm³/mol. The summed E-state index contributed by atoms with van der Waals surface area (Å²) in [6, 6.07) is 12.2. The van der Waals surface area contributed by atoms with Gasteiger partial charge in [0.05, 0.1) is 18.8 Å². The first kappa shape index (κ1) is 22.4. The second-order valence-electron chi connectivity index (χ2n) is 7.57. The van der Waals surface area contributed by atoms with Crippen molar-refractivity contribution in [2.24, 2.45) is 0 Å². The molecule has 1 saturated heterocycles. The summed E-state index contributed by atoms with van der Waals surface area (Å²) in [5.74, 6) is 0.615. The summed E-state index contributed by atoms with van der Waals surface area (Å²) in [5, 5.41) is 0.623. The van der Waals surface area contributed by atoms with Gasteiger partial charge in [-0.2, -0.15) is 13.2 Å². The molecule has 168 valence electrons. The molecular formula is C23H23F3N4OS. The average Bonchev–Trinajstić information content (AvgIpc) is 2.78. The molecule has 9 heteroatoms. The third kappa shape index (κ3) is 5.34. The number of alkyl halides is 3. The van der Waals surface area contributed by atoms with Crippen LogP contribution in [-0.4, -0.2) is 36.3 Å². The fourth-order valence-corrected chi connectivity index (χ4v) is 4.33. The van der Waals surface area contributed by atoms with Gasteiger partial charge in [0, 0.05) is 42.0 Å². The van der Waals surface area contributed by atoms with Gasteiger partial charge in [-0.1, -0.05) is 23.9 Å². The van der Waals surface area contributed by atoms with Gasteiger partial charge in [-0.3, -0.25) is 0 Å². The van der Waals surface area contributed by atoms with Crippen LogP contribution in [0, 0.1) is 6.92 Å². The summed E-state index contributed by atoms with van der Waals surface area (Å²) >= 11 is 1.17. The van der Waals surface area contributed by atoms with Crippen molar-refractivity contribution < 1.29 is 17.9 Å². The number of benzene rings is 2. The lowest BCUT2D eigenvalue weighted by atomic mass is 10.1. The number of halogens is 3. The molecule has 1 aliphatic heterocycles. The molecule has 0 aliphatic carbocycles. The molecule has 0 amide bonds. The molecule has 0 bridgehead atoms. The Balaban J connectivity index is 1.49. The standard InChI is InChI=1S/C23H23F3N4OS/c1-15-14-28-21(12-16-2-4-17(5-3-16)30-8-10-31-11-9-30)29-22(15)32-18-6-7-20(27)19(13-18)23(24,25)26/h2-7,13-14H,8-12,27H2,1H3. The summed E-state index contributed by atoms with van der Waals surface area (Å²) in [6.45, 7) is 5.06. The number of rotatable bonds is 5. The smallest absolute Gasteiger partial charge is 0.398 e. The predicted octanol–water partition coefficient (Wildman–Crippen LogP) is 4.96. The van der Waals surface area contributed by atoms with Gasteiger partial charge in [-0.15, -0.1) is 0 Å². The Kier molecular flexibility index (Phi) is 6.57. The van der Waals surface area contributed by atoms with Crippen LogP contribution >= 0.6 is 11.8 Å². The van der Waals surface area contributed by atoms with Crippen LogP contribution in [0.5, 0.6) is 0 Å². The van der Waals surface area contributed by atoms with E-state index in [0.29, 0.717) is 22.2 Å². The van der Waals surface area contributed by atoms with Crippen molar-refractivity contribution in [3.63, 3.8) is 0 Å². The van der Waals surface area contributed by atoms with E-state index in [1.807, 2.05) is 6.92 Å². The first-order valence-electron chi connectivity index (χ1n) is 10.2. The number of morpholine rings is 1. The summed E-state index contributed by atoms with van der Waals surface area (Å²) in [6.07, 6.45) is -2.26. The molecule has 1 aromatic heterocycles.